The van der Waals surface area contributed by atoms with Crippen LogP contribution in [0.5, 0.6) is 5.88 Å². The molecule has 1 amide bonds. The number of carbonyl (C=O) groups is 1. The number of hydrogen-bond acceptors (Lipinski definition) is 3. The van der Waals surface area contributed by atoms with E-state index < -0.39 is 17.6 Å². The van der Waals surface area contributed by atoms with Crippen LogP contribution in [0.1, 0.15) is 21.5 Å². The van der Waals surface area contributed by atoms with Crippen LogP contribution in [-0.4, -0.2) is 28.9 Å². The quantitative estimate of drug-likeness (QED) is 0.623. The van der Waals surface area contributed by atoms with E-state index in [1.165, 1.54) is 23.1 Å². The monoisotopic (exact) mass is 398 g/mol. The van der Waals surface area contributed by atoms with E-state index in [2.05, 4.69) is 4.98 Å². The molecule has 2 heterocycles. The molecule has 0 fully saturated rings. The Labute approximate surface area is 165 Å². The van der Waals surface area contributed by atoms with Crippen LogP contribution < -0.4 is 4.74 Å². The molecule has 0 spiro atoms. The zero-order valence-electron chi connectivity index (χ0n) is 15.3. The Balaban J connectivity index is 1.73. The number of rotatable bonds is 2. The maximum absolute atomic E-state index is 13.4. The minimum atomic E-state index is -4.61. The molecule has 7 heteroatoms. The highest BCUT2D eigenvalue weighted by Crippen LogP contribution is 2.35. The first-order chi connectivity index (χ1) is 13.9. The lowest BCUT2D eigenvalue weighted by atomic mass is 10.0. The van der Waals surface area contributed by atoms with Crippen molar-refractivity contribution in [1.29, 1.82) is 0 Å². The largest absolute Gasteiger partial charge is 0.476 e. The molecule has 2 aromatic carbocycles. The van der Waals surface area contributed by atoms with Gasteiger partial charge in [-0.3, -0.25) is 4.79 Å². The van der Waals surface area contributed by atoms with Crippen LogP contribution in [0, 0.1) is 0 Å². The third-order valence-corrected chi connectivity index (χ3v) is 4.80. The van der Waals surface area contributed by atoms with Gasteiger partial charge in [-0.05, 0) is 29.3 Å². The number of hydrogen-bond donors (Lipinski definition) is 0. The molecule has 4 nitrogen and oxygen atoms in total. The van der Waals surface area contributed by atoms with Crippen molar-refractivity contribution >= 4 is 5.91 Å². The number of nitrogens with zero attached hydrogens (tertiary/aromatic N) is 2. The molecular formula is C22H17F3N2O2. The molecule has 0 aliphatic carbocycles. The highest BCUT2D eigenvalue weighted by molar-refractivity contribution is 5.96. The Morgan fingerprint density at radius 2 is 1.72 bits per heavy atom. The average molecular weight is 398 g/mol. The molecule has 4 rings (SSSR count). The summed E-state index contributed by atoms with van der Waals surface area (Å²) in [4.78, 5) is 18.7. The summed E-state index contributed by atoms with van der Waals surface area (Å²) in [6, 6.07) is 16.2. The van der Waals surface area contributed by atoms with Crippen molar-refractivity contribution in [3.63, 3.8) is 0 Å². The molecule has 0 bridgehead atoms. The lowest BCUT2D eigenvalue weighted by molar-refractivity contribution is -0.138. The zero-order chi connectivity index (χ0) is 20.4. The summed E-state index contributed by atoms with van der Waals surface area (Å²) in [7, 11) is 0. The Bertz CT molecular complexity index is 1040. The van der Waals surface area contributed by atoms with Gasteiger partial charge in [0.25, 0.3) is 5.91 Å². The van der Waals surface area contributed by atoms with E-state index in [1.807, 2.05) is 36.4 Å². The van der Waals surface area contributed by atoms with Crippen LogP contribution in [0.2, 0.25) is 0 Å². The molecule has 0 radical (unpaired) electrons. The minimum absolute atomic E-state index is 0.110. The third kappa shape index (κ3) is 3.81. The summed E-state index contributed by atoms with van der Waals surface area (Å²) >= 11 is 0. The van der Waals surface area contributed by atoms with Gasteiger partial charge in [0.1, 0.15) is 6.61 Å². The molecule has 0 atom stereocenters. The number of amides is 1. The molecule has 0 saturated heterocycles. The molecule has 29 heavy (non-hydrogen) atoms. The van der Waals surface area contributed by atoms with Gasteiger partial charge in [0.05, 0.1) is 24.2 Å². The Kier molecular flexibility index (Phi) is 4.96. The van der Waals surface area contributed by atoms with Gasteiger partial charge in [-0.1, -0.05) is 42.5 Å². The first-order valence-electron chi connectivity index (χ1n) is 9.07. The van der Waals surface area contributed by atoms with E-state index in [0.29, 0.717) is 11.4 Å². The van der Waals surface area contributed by atoms with E-state index in [4.69, 9.17) is 4.74 Å². The van der Waals surface area contributed by atoms with Gasteiger partial charge in [0, 0.05) is 11.8 Å². The van der Waals surface area contributed by atoms with Crippen molar-refractivity contribution < 1.29 is 22.7 Å². The molecule has 0 unspecified atom stereocenters. The summed E-state index contributed by atoms with van der Waals surface area (Å²) in [6.45, 7) is 0.423. The average Bonchev–Trinajstić information content (AvgIpc) is 2.95. The van der Waals surface area contributed by atoms with Crippen molar-refractivity contribution in [3.05, 3.63) is 83.6 Å². The van der Waals surface area contributed by atoms with Gasteiger partial charge in [0.15, 0.2) is 0 Å². The minimum Gasteiger partial charge on any atom is -0.476 e. The topological polar surface area (TPSA) is 42.4 Å². The smallest absolute Gasteiger partial charge is 0.417 e. The maximum atomic E-state index is 13.4. The molecule has 1 aromatic heterocycles. The van der Waals surface area contributed by atoms with E-state index in [-0.39, 0.29) is 25.3 Å². The van der Waals surface area contributed by atoms with Crippen molar-refractivity contribution in [3.8, 4) is 17.0 Å². The number of carbonyl (C=O) groups excluding carboxylic acids is 1. The van der Waals surface area contributed by atoms with Crippen molar-refractivity contribution in [2.24, 2.45) is 0 Å². The second-order valence-electron chi connectivity index (χ2n) is 6.63. The zero-order valence-corrected chi connectivity index (χ0v) is 15.3. The fraction of sp³-hybridized carbons (Fsp3) is 0.182. The second kappa shape index (κ2) is 7.58. The Morgan fingerprint density at radius 3 is 2.48 bits per heavy atom. The van der Waals surface area contributed by atoms with Crippen LogP contribution in [0.15, 0.2) is 66.9 Å². The molecule has 0 saturated carbocycles. The van der Waals surface area contributed by atoms with Crippen LogP contribution in [0.25, 0.3) is 11.1 Å². The van der Waals surface area contributed by atoms with E-state index in [1.54, 1.807) is 6.20 Å². The SMILES string of the molecule is O=C(c1ccccc1C(F)(F)F)N1CCOc2nccc(-c3ccccc3)c2C1. The summed E-state index contributed by atoms with van der Waals surface area (Å²) in [5, 5.41) is 0. The fourth-order valence-electron chi connectivity index (χ4n) is 3.42. The van der Waals surface area contributed by atoms with Gasteiger partial charge in [-0.15, -0.1) is 0 Å². The summed E-state index contributed by atoms with van der Waals surface area (Å²) in [6.07, 6.45) is -2.99. The fourth-order valence-corrected chi connectivity index (χ4v) is 3.42. The normalized spacial score (nSPS) is 14.0. The lowest BCUT2D eigenvalue weighted by Gasteiger charge is -2.23. The van der Waals surface area contributed by atoms with Crippen LogP contribution in [0.4, 0.5) is 13.2 Å². The standard InChI is InChI=1S/C22H17F3N2O2/c23-22(24,25)19-9-5-4-8-17(19)21(28)27-12-13-29-20-18(14-27)16(10-11-26-20)15-6-2-1-3-7-15/h1-11H,12-14H2. The van der Waals surface area contributed by atoms with Crippen LogP contribution >= 0.6 is 0 Å². The van der Waals surface area contributed by atoms with Gasteiger partial charge >= 0.3 is 6.18 Å². The predicted molar refractivity (Wildman–Crippen MR) is 101 cm³/mol. The second-order valence-corrected chi connectivity index (χ2v) is 6.63. The van der Waals surface area contributed by atoms with E-state index in [0.717, 1.165) is 17.2 Å². The summed E-state index contributed by atoms with van der Waals surface area (Å²) in [5.41, 5.74) is 1.12. The number of alkyl halides is 3. The predicted octanol–water partition coefficient (Wildman–Crippen LogP) is 4.80. The summed E-state index contributed by atoms with van der Waals surface area (Å²) in [5.74, 6) is -0.289. The third-order valence-electron chi connectivity index (χ3n) is 4.80. The maximum Gasteiger partial charge on any atom is 0.417 e. The molecule has 3 aromatic rings. The van der Waals surface area contributed by atoms with Gasteiger partial charge in [-0.25, -0.2) is 4.98 Å². The van der Waals surface area contributed by atoms with Gasteiger partial charge in [0.2, 0.25) is 5.88 Å². The molecule has 1 aliphatic rings. The van der Waals surface area contributed by atoms with Crippen LogP contribution in [0.3, 0.4) is 0 Å². The number of pyridine rings is 1. The number of benzene rings is 2. The van der Waals surface area contributed by atoms with Gasteiger partial charge < -0.3 is 9.64 Å². The molecule has 148 valence electrons. The van der Waals surface area contributed by atoms with E-state index in [9.17, 15) is 18.0 Å². The first kappa shape index (κ1) is 19.0. The van der Waals surface area contributed by atoms with Crippen LogP contribution in [-0.2, 0) is 12.7 Å². The van der Waals surface area contributed by atoms with E-state index >= 15 is 0 Å². The number of aromatic nitrogens is 1. The van der Waals surface area contributed by atoms with Crippen molar-refractivity contribution in [1.82, 2.24) is 9.88 Å². The lowest BCUT2D eigenvalue weighted by Crippen LogP contribution is -2.34. The highest BCUT2D eigenvalue weighted by atomic mass is 19.4. The first-order valence-corrected chi connectivity index (χ1v) is 9.07. The van der Waals surface area contributed by atoms with Gasteiger partial charge in [-0.2, -0.15) is 13.2 Å². The molecule has 0 N–H and O–H groups in total. The summed E-state index contributed by atoms with van der Waals surface area (Å²) < 4.78 is 45.8. The highest BCUT2D eigenvalue weighted by Gasteiger charge is 2.36. The molecular weight excluding hydrogens is 381 g/mol. The van der Waals surface area contributed by atoms with Crippen molar-refractivity contribution in [2.45, 2.75) is 12.7 Å². The number of halogens is 3. The Morgan fingerprint density at radius 1 is 1.00 bits per heavy atom. The van der Waals surface area contributed by atoms with Crippen molar-refractivity contribution in [2.75, 3.05) is 13.2 Å². The molecule has 1 aliphatic heterocycles. The number of fused-ring (bicyclic) bond motifs is 1. The number of ether oxygens (including phenoxy) is 1. The Hall–Kier alpha value is -3.35.